The van der Waals surface area contributed by atoms with Gasteiger partial charge in [-0.2, -0.15) is 13.2 Å². The zero-order valence-corrected chi connectivity index (χ0v) is 8.01. The predicted octanol–water partition coefficient (Wildman–Crippen LogP) is 1.35. The maximum atomic E-state index is 12.1. The molecule has 6 heteroatoms. The summed E-state index contributed by atoms with van der Waals surface area (Å²) in [6, 6.07) is 0.150. The molecule has 0 saturated heterocycles. The summed E-state index contributed by atoms with van der Waals surface area (Å²) in [5, 5.41) is 0. The summed E-state index contributed by atoms with van der Waals surface area (Å²) in [6.45, 7) is 0.828. The summed E-state index contributed by atoms with van der Waals surface area (Å²) < 4.78 is 36.2. The van der Waals surface area contributed by atoms with Gasteiger partial charge in [0.15, 0.2) is 5.96 Å². The first kappa shape index (κ1) is 11.1. The summed E-state index contributed by atoms with van der Waals surface area (Å²) >= 11 is 0. The van der Waals surface area contributed by atoms with Crippen LogP contribution in [0.5, 0.6) is 0 Å². The highest BCUT2D eigenvalue weighted by atomic mass is 19.4. The van der Waals surface area contributed by atoms with E-state index in [2.05, 4.69) is 4.99 Å². The minimum Gasteiger partial charge on any atom is -0.370 e. The quantitative estimate of drug-likeness (QED) is 0.563. The smallest absolute Gasteiger partial charge is 0.370 e. The van der Waals surface area contributed by atoms with Crippen molar-refractivity contribution in [1.29, 1.82) is 0 Å². The highest BCUT2D eigenvalue weighted by Crippen LogP contribution is 2.24. The van der Waals surface area contributed by atoms with Gasteiger partial charge in [0.05, 0.1) is 6.04 Å². The van der Waals surface area contributed by atoms with Crippen molar-refractivity contribution in [3.05, 3.63) is 0 Å². The van der Waals surface area contributed by atoms with Gasteiger partial charge in [-0.3, -0.25) is 0 Å². The lowest BCUT2D eigenvalue weighted by Crippen LogP contribution is -2.43. The molecule has 0 heterocycles. The van der Waals surface area contributed by atoms with E-state index in [4.69, 9.17) is 5.73 Å². The van der Waals surface area contributed by atoms with E-state index in [-0.39, 0.29) is 18.5 Å². The van der Waals surface area contributed by atoms with Crippen molar-refractivity contribution < 1.29 is 13.2 Å². The fourth-order valence-electron chi connectivity index (χ4n) is 1.04. The number of nitrogens with two attached hydrogens (primary N) is 1. The molecule has 0 aliphatic heterocycles. The van der Waals surface area contributed by atoms with Gasteiger partial charge in [0.25, 0.3) is 0 Å². The number of rotatable bonds is 3. The van der Waals surface area contributed by atoms with Crippen molar-refractivity contribution in [3.8, 4) is 0 Å². The van der Waals surface area contributed by atoms with Crippen LogP contribution in [-0.2, 0) is 0 Å². The van der Waals surface area contributed by atoms with Crippen LogP contribution in [0.4, 0.5) is 13.2 Å². The molecule has 3 nitrogen and oxygen atoms in total. The molecule has 82 valence electrons. The second-order valence-electron chi connectivity index (χ2n) is 3.35. The Labute approximate surface area is 80.8 Å². The largest absolute Gasteiger partial charge is 0.406 e. The van der Waals surface area contributed by atoms with Gasteiger partial charge in [-0.15, -0.1) is 0 Å². The number of aliphatic imine (C=N–C) groups is 1. The van der Waals surface area contributed by atoms with E-state index < -0.39 is 12.7 Å². The van der Waals surface area contributed by atoms with Crippen LogP contribution < -0.4 is 5.73 Å². The molecule has 0 amide bonds. The van der Waals surface area contributed by atoms with Crippen LogP contribution in [-0.4, -0.2) is 36.2 Å². The highest BCUT2D eigenvalue weighted by Gasteiger charge is 2.31. The maximum Gasteiger partial charge on any atom is 0.406 e. The Morgan fingerprint density at radius 2 is 2.07 bits per heavy atom. The van der Waals surface area contributed by atoms with E-state index in [1.165, 1.54) is 0 Å². The molecule has 2 N–H and O–H groups in total. The minimum atomic E-state index is -4.22. The molecule has 0 unspecified atom stereocenters. The van der Waals surface area contributed by atoms with Gasteiger partial charge < -0.3 is 10.6 Å². The van der Waals surface area contributed by atoms with E-state index in [0.29, 0.717) is 0 Å². The van der Waals surface area contributed by atoms with E-state index in [1.54, 1.807) is 6.92 Å². The Kier molecular flexibility index (Phi) is 3.23. The number of hydrogen-bond acceptors (Lipinski definition) is 1. The zero-order valence-electron chi connectivity index (χ0n) is 8.01. The molecule has 0 radical (unpaired) electrons. The van der Waals surface area contributed by atoms with Gasteiger partial charge in [0.2, 0.25) is 0 Å². The third-order valence-corrected chi connectivity index (χ3v) is 1.94. The third kappa shape index (κ3) is 3.85. The molecule has 14 heavy (non-hydrogen) atoms. The van der Waals surface area contributed by atoms with Crippen molar-refractivity contribution in [1.82, 2.24) is 4.90 Å². The molecule has 0 aromatic carbocycles. The lowest BCUT2D eigenvalue weighted by atomic mass is 10.5. The average molecular weight is 209 g/mol. The summed E-state index contributed by atoms with van der Waals surface area (Å²) in [6.07, 6.45) is -2.35. The van der Waals surface area contributed by atoms with E-state index in [9.17, 15) is 13.2 Å². The summed E-state index contributed by atoms with van der Waals surface area (Å²) in [5.74, 6) is 0.00678. The van der Waals surface area contributed by atoms with E-state index in [0.717, 1.165) is 17.7 Å². The molecule has 1 saturated carbocycles. The van der Waals surface area contributed by atoms with Crippen LogP contribution in [0.1, 0.15) is 19.8 Å². The number of guanidine groups is 1. The van der Waals surface area contributed by atoms with Gasteiger partial charge in [0, 0.05) is 6.54 Å². The lowest BCUT2D eigenvalue weighted by molar-refractivity contribution is -0.137. The zero-order chi connectivity index (χ0) is 10.8. The number of nitrogens with zero attached hydrogens (tertiary/aromatic N) is 2. The van der Waals surface area contributed by atoms with Crippen molar-refractivity contribution in [2.24, 2.45) is 10.7 Å². The maximum absolute atomic E-state index is 12.1. The molecule has 1 aliphatic carbocycles. The molecular formula is C8H14F3N3. The second kappa shape index (κ2) is 4.06. The number of alkyl halides is 3. The standard InChI is InChI=1S/C8H14F3N3/c1-2-14(5-8(9,10)11)7(12)13-6-3-4-6/h6H,2-5H2,1H3,(H2,12,13). The predicted molar refractivity (Wildman–Crippen MR) is 47.9 cm³/mol. The first-order valence-corrected chi connectivity index (χ1v) is 4.57. The first-order chi connectivity index (χ1) is 6.42. The normalized spacial score (nSPS) is 18.4. The van der Waals surface area contributed by atoms with Gasteiger partial charge in [-0.1, -0.05) is 0 Å². The number of halogens is 3. The summed E-state index contributed by atoms with van der Waals surface area (Å²) in [7, 11) is 0. The Morgan fingerprint density at radius 3 is 2.43 bits per heavy atom. The summed E-state index contributed by atoms with van der Waals surface area (Å²) in [4.78, 5) is 5.00. The third-order valence-electron chi connectivity index (χ3n) is 1.94. The number of hydrogen-bond donors (Lipinski definition) is 1. The molecule has 0 aromatic rings. The van der Waals surface area contributed by atoms with Crippen LogP contribution in [0.25, 0.3) is 0 Å². The first-order valence-electron chi connectivity index (χ1n) is 4.57. The van der Waals surface area contributed by atoms with Gasteiger partial charge in [-0.05, 0) is 19.8 Å². The minimum absolute atomic E-state index is 0.00678. The van der Waals surface area contributed by atoms with Crippen LogP contribution >= 0.6 is 0 Å². The lowest BCUT2D eigenvalue weighted by Gasteiger charge is -2.22. The molecule has 1 aliphatic rings. The van der Waals surface area contributed by atoms with Crippen molar-refractivity contribution in [3.63, 3.8) is 0 Å². The van der Waals surface area contributed by atoms with Crippen LogP contribution in [0, 0.1) is 0 Å². The molecule has 1 rings (SSSR count). The monoisotopic (exact) mass is 209 g/mol. The van der Waals surface area contributed by atoms with E-state index in [1.807, 2.05) is 0 Å². The van der Waals surface area contributed by atoms with Gasteiger partial charge >= 0.3 is 6.18 Å². The summed E-state index contributed by atoms with van der Waals surface area (Å²) in [5.41, 5.74) is 5.45. The molecule has 0 atom stereocenters. The van der Waals surface area contributed by atoms with Crippen LogP contribution in [0.15, 0.2) is 4.99 Å². The molecule has 0 bridgehead atoms. The van der Waals surface area contributed by atoms with Crippen LogP contribution in [0.2, 0.25) is 0 Å². The van der Waals surface area contributed by atoms with Crippen molar-refractivity contribution in [2.45, 2.75) is 32.0 Å². The van der Waals surface area contributed by atoms with Crippen LogP contribution in [0.3, 0.4) is 0 Å². The fourth-order valence-corrected chi connectivity index (χ4v) is 1.04. The highest BCUT2D eigenvalue weighted by molar-refractivity contribution is 5.78. The SMILES string of the molecule is CCN(CC(F)(F)F)C(N)=NC1CC1. The molecular weight excluding hydrogens is 195 g/mol. The molecule has 1 fully saturated rings. The van der Waals surface area contributed by atoms with Crippen molar-refractivity contribution in [2.75, 3.05) is 13.1 Å². The Morgan fingerprint density at radius 1 is 1.50 bits per heavy atom. The fraction of sp³-hybridized carbons (Fsp3) is 0.875. The van der Waals surface area contributed by atoms with Gasteiger partial charge in [0.1, 0.15) is 6.54 Å². The molecule has 0 spiro atoms. The Balaban J connectivity index is 2.51. The molecule has 0 aromatic heterocycles. The second-order valence-corrected chi connectivity index (χ2v) is 3.35. The van der Waals surface area contributed by atoms with Crippen molar-refractivity contribution >= 4 is 5.96 Å². The Bertz CT molecular complexity index is 220. The average Bonchev–Trinajstić information content (AvgIpc) is 2.82. The Hall–Kier alpha value is -0.940. The van der Waals surface area contributed by atoms with Gasteiger partial charge in [-0.25, -0.2) is 4.99 Å². The topological polar surface area (TPSA) is 41.6 Å². The van der Waals surface area contributed by atoms with E-state index >= 15 is 0 Å².